The largest absolute Gasteiger partial charge is 0.456 e. The number of hydrogen-bond donors (Lipinski definition) is 2. The van der Waals surface area contributed by atoms with Crippen LogP contribution in [0.25, 0.3) is 0 Å². The van der Waals surface area contributed by atoms with Gasteiger partial charge in [-0.25, -0.2) is 8.78 Å². The van der Waals surface area contributed by atoms with E-state index in [0.29, 0.717) is 18.3 Å². The van der Waals surface area contributed by atoms with E-state index in [1.54, 1.807) is 0 Å². The molecule has 0 saturated heterocycles. The van der Waals surface area contributed by atoms with Crippen molar-refractivity contribution in [1.29, 1.82) is 0 Å². The Hall–Kier alpha value is -2.02. The van der Waals surface area contributed by atoms with E-state index in [9.17, 15) is 23.5 Å². The van der Waals surface area contributed by atoms with E-state index in [1.807, 2.05) is 0 Å². The van der Waals surface area contributed by atoms with Gasteiger partial charge in [0.15, 0.2) is 6.61 Å². The molecule has 5 nitrogen and oxygen atoms in total. The summed E-state index contributed by atoms with van der Waals surface area (Å²) in [7, 11) is 0. The quantitative estimate of drug-likeness (QED) is 0.771. The third-order valence-corrected chi connectivity index (χ3v) is 6.26. The second-order valence-electron chi connectivity index (χ2n) is 8.67. The number of hydrogen-bond acceptors (Lipinski definition) is 4. The molecule has 4 aliphatic rings. The molecule has 0 spiro atoms. The van der Waals surface area contributed by atoms with Crippen LogP contribution in [0.3, 0.4) is 0 Å². The third-order valence-electron chi connectivity index (χ3n) is 6.26. The summed E-state index contributed by atoms with van der Waals surface area (Å²) in [5.74, 6) is -2.18. The molecule has 4 bridgehead atoms. The number of aliphatic hydroxyl groups is 1. The first-order chi connectivity index (χ1) is 12.8. The standard InChI is InChI=1S/C20H23F2NO4/c21-14-2-1-3-15(22)18(14)23-16(24)10-27-17(25)9-19-5-12-4-13(6-19)8-20(26,7-12)11-19/h1-3,12-13,26H,4-11H2,(H,23,24)/t12-,13+,19?,20?. The summed E-state index contributed by atoms with van der Waals surface area (Å²) in [4.78, 5) is 24.2. The lowest BCUT2D eigenvalue weighted by molar-refractivity contribution is -0.177. The first-order valence-corrected chi connectivity index (χ1v) is 9.38. The summed E-state index contributed by atoms with van der Waals surface area (Å²) < 4.78 is 32.1. The summed E-state index contributed by atoms with van der Waals surface area (Å²) in [6.45, 7) is -0.597. The lowest BCUT2D eigenvalue weighted by Crippen LogP contribution is -2.56. The molecular weight excluding hydrogens is 356 g/mol. The minimum atomic E-state index is -0.892. The van der Waals surface area contributed by atoms with Crippen molar-refractivity contribution in [2.45, 2.75) is 50.5 Å². The number of amides is 1. The number of esters is 1. The Labute approximate surface area is 156 Å². The van der Waals surface area contributed by atoms with Crippen molar-refractivity contribution in [3.05, 3.63) is 29.8 Å². The molecule has 1 aromatic rings. The number of para-hydroxylation sites is 1. The van der Waals surface area contributed by atoms with E-state index in [2.05, 4.69) is 5.32 Å². The molecule has 146 valence electrons. The van der Waals surface area contributed by atoms with Crippen LogP contribution in [0.5, 0.6) is 0 Å². The van der Waals surface area contributed by atoms with Crippen LogP contribution in [0.4, 0.5) is 14.5 Å². The van der Waals surface area contributed by atoms with Crippen LogP contribution >= 0.6 is 0 Å². The molecule has 1 amide bonds. The lowest BCUT2D eigenvalue weighted by atomic mass is 9.47. The Kier molecular flexibility index (Phi) is 4.45. The van der Waals surface area contributed by atoms with Crippen LogP contribution in [-0.4, -0.2) is 29.2 Å². The van der Waals surface area contributed by atoms with Gasteiger partial charge in [-0.1, -0.05) is 6.07 Å². The fourth-order valence-electron chi connectivity index (χ4n) is 5.90. The molecule has 0 heterocycles. The number of carbonyl (C=O) groups is 2. The first kappa shape index (κ1) is 18.3. The molecule has 1 aromatic carbocycles. The molecule has 2 unspecified atom stereocenters. The molecule has 0 aromatic heterocycles. The van der Waals surface area contributed by atoms with Crippen molar-refractivity contribution < 1.29 is 28.2 Å². The fourth-order valence-corrected chi connectivity index (χ4v) is 5.90. The van der Waals surface area contributed by atoms with Crippen LogP contribution < -0.4 is 5.32 Å². The maximum absolute atomic E-state index is 13.5. The molecule has 4 atom stereocenters. The van der Waals surface area contributed by atoms with E-state index >= 15 is 0 Å². The van der Waals surface area contributed by atoms with Crippen LogP contribution in [-0.2, 0) is 14.3 Å². The zero-order chi connectivity index (χ0) is 19.2. The Morgan fingerprint density at radius 1 is 1.15 bits per heavy atom. The number of carbonyl (C=O) groups excluding carboxylic acids is 2. The topological polar surface area (TPSA) is 75.6 Å². The van der Waals surface area contributed by atoms with Gasteiger partial charge >= 0.3 is 5.97 Å². The van der Waals surface area contributed by atoms with Gasteiger partial charge in [0.1, 0.15) is 17.3 Å². The molecule has 27 heavy (non-hydrogen) atoms. The highest BCUT2D eigenvalue weighted by Gasteiger charge is 2.57. The summed E-state index contributed by atoms with van der Waals surface area (Å²) in [6, 6.07) is 3.25. The molecule has 0 radical (unpaired) electrons. The minimum Gasteiger partial charge on any atom is -0.456 e. The Bertz CT molecular complexity index is 747. The molecular formula is C20H23F2NO4. The van der Waals surface area contributed by atoms with Gasteiger partial charge in [-0.2, -0.15) is 0 Å². The summed E-state index contributed by atoms with van der Waals surface area (Å²) in [5, 5.41) is 12.8. The van der Waals surface area contributed by atoms with E-state index in [-0.39, 0.29) is 11.8 Å². The second kappa shape index (κ2) is 6.55. The lowest BCUT2D eigenvalue weighted by Gasteiger charge is -2.60. The number of anilines is 1. The Balaban J connectivity index is 1.32. The van der Waals surface area contributed by atoms with Crippen molar-refractivity contribution >= 4 is 17.6 Å². The highest BCUT2D eigenvalue weighted by molar-refractivity contribution is 5.93. The van der Waals surface area contributed by atoms with Gasteiger partial charge in [0.05, 0.1) is 12.0 Å². The zero-order valence-corrected chi connectivity index (χ0v) is 15.0. The molecule has 7 heteroatoms. The summed E-state index contributed by atoms with van der Waals surface area (Å²) >= 11 is 0. The van der Waals surface area contributed by atoms with Gasteiger partial charge in [-0.15, -0.1) is 0 Å². The molecule has 0 aliphatic heterocycles. The molecule has 2 N–H and O–H groups in total. The molecule has 4 fully saturated rings. The van der Waals surface area contributed by atoms with Gasteiger partial charge in [-0.05, 0) is 67.9 Å². The van der Waals surface area contributed by atoms with Crippen LogP contribution in [0, 0.1) is 28.9 Å². The Morgan fingerprint density at radius 2 is 1.78 bits per heavy atom. The average Bonchev–Trinajstić information content (AvgIpc) is 2.54. The van der Waals surface area contributed by atoms with Gasteiger partial charge < -0.3 is 15.2 Å². The second-order valence-corrected chi connectivity index (χ2v) is 8.67. The van der Waals surface area contributed by atoms with E-state index in [0.717, 1.165) is 44.2 Å². The summed E-state index contributed by atoms with van der Waals surface area (Å²) in [5.41, 5.74) is -1.46. The first-order valence-electron chi connectivity index (χ1n) is 9.38. The normalized spacial score (nSPS) is 33.7. The smallest absolute Gasteiger partial charge is 0.306 e. The van der Waals surface area contributed by atoms with Gasteiger partial charge in [-0.3, -0.25) is 9.59 Å². The number of rotatable bonds is 5. The Morgan fingerprint density at radius 3 is 2.37 bits per heavy atom. The van der Waals surface area contributed by atoms with Gasteiger partial charge in [0.2, 0.25) is 0 Å². The molecule has 5 rings (SSSR count). The minimum absolute atomic E-state index is 0.170. The fraction of sp³-hybridized carbons (Fsp3) is 0.600. The monoisotopic (exact) mass is 379 g/mol. The van der Waals surface area contributed by atoms with Crippen molar-refractivity contribution in [3.8, 4) is 0 Å². The zero-order valence-electron chi connectivity index (χ0n) is 15.0. The van der Waals surface area contributed by atoms with E-state index in [1.165, 1.54) is 6.07 Å². The average molecular weight is 379 g/mol. The molecule has 4 saturated carbocycles. The van der Waals surface area contributed by atoms with Crippen molar-refractivity contribution in [2.24, 2.45) is 17.3 Å². The van der Waals surface area contributed by atoms with Gasteiger partial charge in [0.25, 0.3) is 5.91 Å². The highest BCUT2D eigenvalue weighted by atomic mass is 19.1. The van der Waals surface area contributed by atoms with Crippen molar-refractivity contribution in [2.75, 3.05) is 11.9 Å². The predicted molar refractivity (Wildman–Crippen MR) is 92.6 cm³/mol. The van der Waals surface area contributed by atoms with Crippen LogP contribution in [0.1, 0.15) is 44.9 Å². The van der Waals surface area contributed by atoms with Crippen molar-refractivity contribution in [3.63, 3.8) is 0 Å². The number of ether oxygens (including phenoxy) is 1. The van der Waals surface area contributed by atoms with E-state index < -0.39 is 41.4 Å². The maximum atomic E-state index is 13.5. The van der Waals surface area contributed by atoms with Gasteiger partial charge in [0, 0.05) is 0 Å². The predicted octanol–water partition coefficient (Wildman–Crippen LogP) is 3.17. The maximum Gasteiger partial charge on any atom is 0.306 e. The van der Waals surface area contributed by atoms with E-state index in [4.69, 9.17) is 4.74 Å². The molecule has 4 aliphatic carbocycles. The highest BCUT2D eigenvalue weighted by Crippen LogP contribution is 2.62. The SMILES string of the molecule is O=C(COC(=O)CC12C[C@@H]3C[C@@H](CC(O)(C3)C1)C2)Nc1c(F)cccc1F. The number of nitrogens with one attached hydrogen (secondary N) is 1. The summed E-state index contributed by atoms with van der Waals surface area (Å²) in [6.07, 6.45) is 5.35. The van der Waals surface area contributed by atoms with Crippen LogP contribution in [0.15, 0.2) is 18.2 Å². The van der Waals surface area contributed by atoms with Crippen molar-refractivity contribution in [1.82, 2.24) is 0 Å². The third kappa shape index (κ3) is 3.70. The van der Waals surface area contributed by atoms with Crippen LogP contribution in [0.2, 0.25) is 0 Å². The number of benzene rings is 1. The number of halogens is 2.